The largest absolute Gasteiger partial charge is 0.441 e. The topological polar surface area (TPSA) is 225 Å². The molecule has 236 valence electrons. The number of aryl methyl sites for hydroxylation is 1. The second-order valence-electron chi connectivity index (χ2n) is 11.6. The highest BCUT2D eigenvalue weighted by atomic mass is 16.7. The van der Waals surface area contributed by atoms with Crippen LogP contribution in [0.4, 0.5) is 4.79 Å². The number of nitrogens with one attached hydrogen (secondary N) is 4. The monoisotopic (exact) mass is 611 g/mol. The molecule has 0 spiro atoms. The number of benzene rings is 1. The van der Waals surface area contributed by atoms with Crippen LogP contribution in [-0.4, -0.2) is 68.8 Å². The van der Waals surface area contributed by atoms with Crippen LogP contribution in [0.5, 0.6) is 0 Å². The lowest BCUT2D eigenvalue weighted by molar-refractivity contribution is -0.175. The first-order valence-electron chi connectivity index (χ1n) is 13.9. The van der Waals surface area contributed by atoms with E-state index in [1.165, 1.54) is 11.8 Å². The number of ether oxygens (including phenoxy) is 3. The molecule has 2 amide bonds. The van der Waals surface area contributed by atoms with Crippen molar-refractivity contribution < 1.29 is 38.5 Å². The van der Waals surface area contributed by atoms with E-state index < -0.39 is 48.3 Å². The van der Waals surface area contributed by atoms with Crippen molar-refractivity contribution in [3.05, 3.63) is 58.1 Å². The molecule has 4 rings (SSSR count). The molecule has 1 aromatic heterocycles. The number of nitrogens with two attached hydrogens (primary N) is 1. The van der Waals surface area contributed by atoms with E-state index in [1.807, 2.05) is 0 Å². The van der Waals surface area contributed by atoms with Crippen LogP contribution in [0.2, 0.25) is 0 Å². The summed E-state index contributed by atoms with van der Waals surface area (Å²) in [4.78, 5) is 60.5. The molecule has 0 unspecified atom stereocenters. The number of aliphatic hydroxyl groups excluding tert-OH is 1. The maximum atomic E-state index is 13.1. The zero-order valence-corrected chi connectivity index (χ0v) is 25.1. The van der Waals surface area contributed by atoms with Gasteiger partial charge in [-0.2, -0.15) is 0 Å². The number of aromatic amines is 2. The third-order valence-electron chi connectivity index (χ3n) is 7.28. The van der Waals surface area contributed by atoms with E-state index in [0.717, 1.165) is 5.56 Å². The number of carbonyl (C=O) groups is 4. The Kier molecular flexibility index (Phi) is 9.27. The molecule has 3 heterocycles. The fourth-order valence-corrected chi connectivity index (χ4v) is 4.94. The number of hydrogen-bond donors (Lipinski definition) is 6. The SMILES string of the molecule is Cc1[nH]c(=N)[nH]c1COC(=O)/N=C(\N)NCc1ccc(C2=C(C(=O)OCOC(=O)C(C)(C)C)N3C(=O)[C@H]([C@@H](C)O)[C@H]3C2)cc1. The molecule has 44 heavy (non-hydrogen) atoms. The molecular weight excluding hydrogens is 574 g/mol. The predicted molar refractivity (Wildman–Crippen MR) is 155 cm³/mol. The van der Waals surface area contributed by atoms with Crippen LogP contribution < -0.4 is 16.7 Å². The summed E-state index contributed by atoms with van der Waals surface area (Å²) in [6.45, 7) is 7.80. The number of fused-ring (bicyclic) bond motifs is 1. The van der Waals surface area contributed by atoms with Gasteiger partial charge in [-0.1, -0.05) is 24.3 Å². The van der Waals surface area contributed by atoms with Gasteiger partial charge in [-0.25, -0.2) is 9.59 Å². The highest BCUT2D eigenvalue weighted by Crippen LogP contribution is 2.47. The molecule has 2 aromatic rings. The first kappa shape index (κ1) is 32.0. The number of hydrogen-bond acceptors (Lipinski definition) is 9. The third-order valence-corrected chi connectivity index (χ3v) is 7.28. The van der Waals surface area contributed by atoms with Crippen LogP contribution in [0.3, 0.4) is 0 Å². The van der Waals surface area contributed by atoms with Crippen molar-refractivity contribution in [1.82, 2.24) is 20.2 Å². The number of aliphatic imine (C=N–C) groups is 1. The zero-order chi connectivity index (χ0) is 32.3. The lowest BCUT2D eigenvalue weighted by Gasteiger charge is -2.44. The number of guanidine groups is 1. The zero-order valence-electron chi connectivity index (χ0n) is 25.1. The number of imidazole rings is 1. The molecule has 1 fully saturated rings. The Bertz CT molecular complexity index is 1560. The molecule has 15 heteroatoms. The standard InChI is InChI=1S/C29H37N7O8/c1-14-19(34-27(31)33-14)12-42-28(41)35-26(30)32-11-16-6-8-17(9-7-16)18-10-20-21(15(2)37)23(38)36(20)22(18)24(39)43-13-44-25(40)29(3,4)5/h6-9,15,20-21,37H,10-13H2,1-5H3,(H3,31,33,34)(H3,30,32,35,41)/t15-,20-,21-/m1/s1. The van der Waals surface area contributed by atoms with Crippen LogP contribution in [0.25, 0.3) is 5.57 Å². The van der Waals surface area contributed by atoms with Crippen molar-refractivity contribution >= 4 is 35.5 Å². The highest BCUT2D eigenvalue weighted by molar-refractivity contribution is 6.06. The predicted octanol–water partition coefficient (Wildman–Crippen LogP) is 1.28. The summed E-state index contributed by atoms with van der Waals surface area (Å²) in [6, 6.07) is 6.70. The Morgan fingerprint density at radius 3 is 2.45 bits per heavy atom. The van der Waals surface area contributed by atoms with Crippen molar-refractivity contribution in [1.29, 1.82) is 5.41 Å². The molecule has 7 N–H and O–H groups in total. The lowest BCUT2D eigenvalue weighted by Crippen LogP contribution is -2.61. The quantitative estimate of drug-likeness (QED) is 0.0783. The molecule has 15 nitrogen and oxygen atoms in total. The van der Waals surface area contributed by atoms with Gasteiger partial charge in [0.1, 0.15) is 12.3 Å². The minimum absolute atomic E-state index is 0.0517. The van der Waals surface area contributed by atoms with Gasteiger partial charge in [0.05, 0.1) is 29.2 Å². The molecule has 1 saturated heterocycles. The van der Waals surface area contributed by atoms with Crippen molar-refractivity contribution in [2.75, 3.05) is 6.79 Å². The van der Waals surface area contributed by atoms with E-state index >= 15 is 0 Å². The summed E-state index contributed by atoms with van der Waals surface area (Å²) in [6.07, 6.45) is -1.46. The van der Waals surface area contributed by atoms with Gasteiger partial charge in [-0.3, -0.25) is 15.0 Å². The number of aromatic nitrogens is 2. The number of nitrogens with zero attached hydrogens (tertiary/aromatic N) is 2. The van der Waals surface area contributed by atoms with E-state index in [9.17, 15) is 24.3 Å². The van der Waals surface area contributed by atoms with Gasteiger partial charge in [-0.05, 0) is 57.7 Å². The molecular formula is C29H37N7O8. The molecule has 1 aromatic carbocycles. The Morgan fingerprint density at radius 1 is 1.18 bits per heavy atom. The number of amides is 2. The van der Waals surface area contributed by atoms with Crippen LogP contribution in [0.1, 0.15) is 56.6 Å². The molecule has 2 aliphatic heterocycles. The highest BCUT2D eigenvalue weighted by Gasteiger charge is 2.57. The second kappa shape index (κ2) is 12.8. The van der Waals surface area contributed by atoms with Gasteiger partial charge < -0.3 is 45.2 Å². The Labute approximate surface area is 253 Å². The molecule has 3 atom stereocenters. The fourth-order valence-electron chi connectivity index (χ4n) is 4.94. The molecule has 0 saturated carbocycles. The molecule has 0 bridgehead atoms. The average Bonchev–Trinajstić information content (AvgIpc) is 3.45. The number of rotatable bonds is 9. The van der Waals surface area contributed by atoms with Crippen molar-refractivity contribution in [2.45, 2.75) is 66.3 Å². The lowest BCUT2D eigenvalue weighted by atomic mass is 9.82. The van der Waals surface area contributed by atoms with Gasteiger partial charge in [0, 0.05) is 12.2 Å². The van der Waals surface area contributed by atoms with E-state index in [0.29, 0.717) is 28.9 Å². The molecule has 0 aliphatic carbocycles. The number of H-pyrrole nitrogens is 2. The normalized spacial score (nSPS) is 18.8. The minimum Gasteiger partial charge on any atom is -0.441 e. The van der Waals surface area contributed by atoms with E-state index in [1.54, 1.807) is 52.0 Å². The van der Waals surface area contributed by atoms with Gasteiger partial charge >= 0.3 is 18.0 Å². The summed E-state index contributed by atoms with van der Waals surface area (Å²) in [7, 11) is 0. The maximum Gasteiger partial charge on any atom is 0.437 e. The first-order chi connectivity index (χ1) is 20.7. The van der Waals surface area contributed by atoms with Crippen LogP contribution in [0.15, 0.2) is 35.0 Å². The van der Waals surface area contributed by atoms with E-state index in [-0.39, 0.29) is 36.3 Å². The van der Waals surface area contributed by atoms with Gasteiger partial charge in [-0.15, -0.1) is 4.99 Å². The van der Waals surface area contributed by atoms with Crippen LogP contribution >= 0.6 is 0 Å². The second-order valence-corrected chi connectivity index (χ2v) is 11.6. The van der Waals surface area contributed by atoms with Crippen LogP contribution in [0, 0.1) is 23.7 Å². The van der Waals surface area contributed by atoms with Gasteiger partial charge in [0.2, 0.25) is 12.7 Å². The Balaban J connectivity index is 1.41. The average molecular weight is 612 g/mol. The smallest absolute Gasteiger partial charge is 0.437 e. The summed E-state index contributed by atoms with van der Waals surface area (Å²) < 4.78 is 15.3. The van der Waals surface area contributed by atoms with Crippen LogP contribution in [-0.2, 0) is 41.7 Å². The Morgan fingerprint density at radius 2 is 1.86 bits per heavy atom. The third kappa shape index (κ3) is 6.99. The van der Waals surface area contributed by atoms with Crippen molar-refractivity contribution in [3.63, 3.8) is 0 Å². The fraction of sp³-hybridized carbons (Fsp3) is 0.448. The number of aliphatic hydroxyl groups is 1. The number of β-lactam (4-membered cyclic amide) rings is 1. The summed E-state index contributed by atoms with van der Waals surface area (Å²) in [5, 5.41) is 20.5. The van der Waals surface area contributed by atoms with E-state index in [2.05, 4.69) is 20.3 Å². The number of esters is 2. The van der Waals surface area contributed by atoms with Crippen molar-refractivity contribution in [2.24, 2.45) is 22.1 Å². The van der Waals surface area contributed by atoms with E-state index in [4.69, 9.17) is 25.4 Å². The first-order valence-corrected chi connectivity index (χ1v) is 13.9. The molecule has 0 radical (unpaired) electrons. The van der Waals surface area contributed by atoms with Crippen molar-refractivity contribution in [3.8, 4) is 0 Å². The van der Waals surface area contributed by atoms with Gasteiger partial charge in [0.15, 0.2) is 11.6 Å². The minimum atomic E-state index is -0.902. The Hall–Kier alpha value is -4.92. The summed E-state index contributed by atoms with van der Waals surface area (Å²) in [5.74, 6) is -2.54. The summed E-state index contributed by atoms with van der Waals surface area (Å²) in [5.41, 5.74) is 8.39. The van der Waals surface area contributed by atoms with Gasteiger partial charge in [0.25, 0.3) is 0 Å². The molecule has 2 aliphatic rings. The number of carbonyl (C=O) groups excluding carboxylic acids is 4. The maximum absolute atomic E-state index is 13.1. The summed E-state index contributed by atoms with van der Waals surface area (Å²) >= 11 is 0.